The van der Waals surface area contributed by atoms with E-state index in [1.807, 2.05) is 42.5 Å². The molecule has 2 aliphatic rings. The first-order valence-corrected chi connectivity index (χ1v) is 10.8. The van der Waals surface area contributed by atoms with Gasteiger partial charge in [-0.15, -0.1) is 0 Å². The predicted molar refractivity (Wildman–Crippen MR) is 113 cm³/mol. The number of halogens is 3. The first-order chi connectivity index (χ1) is 13.1. The zero-order valence-electron chi connectivity index (χ0n) is 15.6. The molecule has 2 unspecified atom stereocenters. The number of hydrogen-bond acceptors (Lipinski definition) is 1. The molecule has 0 spiro atoms. The van der Waals surface area contributed by atoms with E-state index in [0.717, 1.165) is 29.5 Å². The van der Waals surface area contributed by atoms with Crippen molar-refractivity contribution in [3.8, 4) is 0 Å². The van der Waals surface area contributed by atoms with Gasteiger partial charge in [0, 0.05) is 23.5 Å². The monoisotopic (exact) mass is 407 g/mol. The van der Waals surface area contributed by atoms with Crippen molar-refractivity contribution in [3.63, 3.8) is 0 Å². The summed E-state index contributed by atoms with van der Waals surface area (Å²) in [4.78, 5) is 0. The summed E-state index contributed by atoms with van der Waals surface area (Å²) in [6.07, 6.45) is 9.27. The van der Waals surface area contributed by atoms with Gasteiger partial charge in [-0.3, -0.25) is 0 Å². The van der Waals surface area contributed by atoms with Gasteiger partial charge in [0.15, 0.2) is 0 Å². The quantitative estimate of drug-likeness (QED) is 0.565. The second-order valence-corrected chi connectivity index (χ2v) is 8.56. The van der Waals surface area contributed by atoms with Crippen molar-refractivity contribution >= 4 is 23.2 Å². The van der Waals surface area contributed by atoms with E-state index in [4.69, 9.17) is 23.2 Å². The van der Waals surface area contributed by atoms with Gasteiger partial charge in [0.1, 0.15) is 5.82 Å². The van der Waals surface area contributed by atoms with Crippen LogP contribution in [0.3, 0.4) is 0 Å². The van der Waals surface area contributed by atoms with Crippen molar-refractivity contribution in [1.29, 1.82) is 0 Å². The van der Waals surface area contributed by atoms with Gasteiger partial charge in [-0.1, -0.05) is 85.6 Å². The first-order valence-electron chi connectivity index (χ1n) is 10.0. The van der Waals surface area contributed by atoms with Crippen LogP contribution in [0.5, 0.6) is 0 Å². The fourth-order valence-corrected chi connectivity index (χ4v) is 4.64. The summed E-state index contributed by atoms with van der Waals surface area (Å²) in [6.45, 7) is 0.884. The third kappa shape index (κ3) is 6.20. The Hall–Kier alpha value is -1.09. The van der Waals surface area contributed by atoms with Crippen molar-refractivity contribution in [1.82, 2.24) is 5.32 Å². The van der Waals surface area contributed by atoms with Gasteiger partial charge in [0.05, 0.1) is 5.02 Å². The molecule has 2 fully saturated rings. The molecule has 1 saturated carbocycles. The molecule has 27 heavy (non-hydrogen) atoms. The minimum Gasteiger partial charge on any atom is -0.313 e. The highest BCUT2D eigenvalue weighted by Crippen LogP contribution is 2.35. The molecule has 2 aromatic carbocycles. The summed E-state index contributed by atoms with van der Waals surface area (Å²) in [7, 11) is 0. The van der Waals surface area contributed by atoms with Crippen LogP contribution in [0.4, 0.5) is 4.39 Å². The molecule has 146 valence electrons. The van der Waals surface area contributed by atoms with Gasteiger partial charge in [-0.05, 0) is 42.5 Å². The zero-order chi connectivity index (χ0) is 19.1. The van der Waals surface area contributed by atoms with E-state index in [1.54, 1.807) is 6.07 Å². The van der Waals surface area contributed by atoms with Crippen molar-refractivity contribution in [2.75, 3.05) is 6.54 Å². The van der Waals surface area contributed by atoms with Crippen LogP contribution in [0, 0.1) is 11.7 Å². The lowest BCUT2D eigenvalue weighted by Gasteiger charge is -2.24. The maximum Gasteiger partial charge on any atom is 0.145 e. The fraction of sp³-hybridized carbons (Fsp3) is 0.478. The molecule has 1 N–H and O–H groups in total. The second kappa shape index (κ2) is 10.5. The summed E-state index contributed by atoms with van der Waals surface area (Å²) in [5.74, 6) is 0.936. The molecule has 1 aliphatic heterocycles. The largest absolute Gasteiger partial charge is 0.313 e. The minimum atomic E-state index is -0.223. The van der Waals surface area contributed by atoms with E-state index in [1.165, 1.54) is 38.5 Å². The summed E-state index contributed by atoms with van der Waals surface area (Å²) in [5, 5.41) is 4.63. The Morgan fingerprint density at radius 3 is 2.33 bits per heavy atom. The van der Waals surface area contributed by atoms with Crippen LogP contribution >= 0.6 is 23.2 Å². The molecule has 1 nitrogen and oxygen atoms in total. The number of benzene rings is 2. The Kier molecular flexibility index (Phi) is 7.99. The lowest BCUT2D eigenvalue weighted by Crippen LogP contribution is -2.25. The highest BCUT2D eigenvalue weighted by atomic mass is 35.5. The molecule has 0 bridgehead atoms. The minimum absolute atomic E-state index is 0.223. The van der Waals surface area contributed by atoms with E-state index >= 15 is 0 Å². The van der Waals surface area contributed by atoms with Crippen molar-refractivity contribution in [3.05, 3.63) is 70.0 Å². The Bertz CT molecular complexity index is 701. The van der Waals surface area contributed by atoms with Gasteiger partial charge in [0.25, 0.3) is 0 Å². The third-order valence-electron chi connectivity index (χ3n) is 5.72. The SMILES string of the molecule is Clc1ccccc1.Fc1c(Cl)cccc1C1CNC(CC2CCCCC2)C1. The Labute approximate surface area is 172 Å². The molecule has 0 radical (unpaired) electrons. The average molecular weight is 408 g/mol. The van der Waals surface area contributed by atoms with E-state index in [-0.39, 0.29) is 16.8 Å². The highest BCUT2D eigenvalue weighted by Gasteiger charge is 2.29. The average Bonchev–Trinajstić information content (AvgIpc) is 3.14. The van der Waals surface area contributed by atoms with Crippen molar-refractivity contribution in [2.45, 2.75) is 56.9 Å². The van der Waals surface area contributed by atoms with Crippen LogP contribution in [0.25, 0.3) is 0 Å². The van der Waals surface area contributed by atoms with Crippen LogP contribution in [0.2, 0.25) is 10.0 Å². The van der Waals surface area contributed by atoms with Crippen LogP contribution in [0.15, 0.2) is 48.5 Å². The first kappa shape index (κ1) is 20.6. The Balaban J connectivity index is 0.000000253. The van der Waals surface area contributed by atoms with E-state index < -0.39 is 0 Å². The lowest BCUT2D eigenvalue weighted by molar-refractivity contribution is 0.308. The molecule has 4 heteroatoms. The molecular weight excluding hydrogens is 380 g/mol. The Morgan fingerprint density at radius 1 is 0.926 bits per heavy atom. The number of hydrogen-bond donors (Lipinski definition) is 1. The van der Waals surface area contributed by atoms with Gasteiger partial charge in [0.2, 0.25) is 0 Å². The Morgan fingerprint density at radius 2 is 1.67 bits per heavy atom. The molecule has 1 heterocycles. The smallest absolute Gasteiger partial charge is 0.145 e. The molecule has 2 aromatic rings. The van der Waals surface area contributed by atoms with Crippen molar-refractivity contribution < 1.29 is 4.39 Å². The number of rotatable bonds is 3. The molecule has 2 atom stereocenters. The summed E-state index contributed by atoms with van der Waals surface area (Å²) < 4.78 is 14.1. The number of nitrogens with one attached hydrogen (secondary N) is 1. The molecule has 1 saturated heterocycles. The van der Waals surface area contributed by atoms with Crippen LogP contribution in [-0.4, -0.2) is 12.6 Å². The molecule has 0 aromatic heterocycles. The topological polar surface area (TPSA) is 12.0 Å². The van der Waals surface area contributed by atoms with Crippen LogP contribution < -0.4 is 5.32 Å². The summed E-state index contributed by atoms with van der Waals surface area (Å²) in [6, 6.07) is 15.4. The highest BCUT2D eigenvalue weighted by molar-refractivity contribution is 6.31. The standard InChI is InChI=1S/C17H23ClFN.C6H5Cl/c18-16-8-4-7-15(17(16)19)13-10-14(20-11-13)9-12-5-2-1-3-6-12;7-6-4-2-1-3-5-6/h4,7-8,12-14,20H,1-3,5-6,9-11H2;1-5H. The van der Waals surface area contributed by atoms with E-state index in [2.05, 4.69) is 5.32 Å². The summed E-state index contributed by atoms with van der Waals surface area (Å²) >= 11 is 11.4. The van der Waals surface area contributed by atoms with Gasteiger partial charge >= 0.3 is 0 Å². The van der Waals surface area contributed by atoms with Gasteiger partial charge in [-0.2, -0.15) is 0 Å². The molecule has 0 amide bonds. The van der Waals surface area contributed by atoms with E-state index in [0.29, 0.717) is 6.04 Å². The molecule has 1 aliphatic carbocycles. The maximum absolute atomic E-state index is 14.1. The third-order valence-corrected chi connectivity index (χ3v) is 6.26. The van der Waals surface area contributed by atoms with Gasteiger partial charge in [-0.25, -0.2) is 4.39 Å². The van der Waals surface area contributed by atoms with E-state index in [9.17, 15) is 4.39 Å². The lowest BCUT2D eigenvalue weighted by atomic mass is 9.83. The van der Waals surface area contributed by atoms with Crippen molar-refractivity contribution in [2.24, 2.45) is 5.92 Å². The fourth-order valence-electron chi connectivity index (χ4n) is 4.31. The second-order valence-electron chi connectivity index (χ2n) is 7.72. The maximum atomic E-state index is 14.1. The summed E-state index contributed by atoms with van der Waals surface area (Å²) in [5.41, 5.74) is 0.788. The molecular formula is C23H28Cl2FN. The van der Waals surface area contributed by atoms with Crippen LogP contribution in [-0.2, 0) is 0 Å². The van der Waals surface area contributed by atoms with Crippen LogP contribution in [0.1, 0.15) is 56.4 Å². The molecule has 4 rings (SSSR count). The predicted octanol–water partition coefficient (Wildman–Crippen LogP) is 7.24. The van der Waals surface area contributed by atoms with Gasteiger partial charge < -0.3 is 5.32 Å². The zero-order valence-corrected chi connectivity index (χ0v) is 17.2. The normalized spacial score (nSPS) is 22.9.